The molecule has 0 spiro atoms. The highest BCUT2D eigenvalue weighted by Gasteiger charge is 2.27. The van der Waals surface area contributed by atoms with Crippen LogP contribution in [0.1, 0.15) is 19.4 Å². The summed E-state index contributed by atoms with van der Waals surface area (Å²) in [5.41, 5.74) is 3.17. The summed E-state index contributed by atoms with van der Waals surface area (Å²) in [6.07, 6.45) is 0.708. The molecule has 0 unspecified atom stereocenters. The summed E-state index contributed by atoms with van der Waals surface area (Å²) in [7, 11) is 1.57. The molecule has 1 atom stereocenters. The number of benzene rings is 2. The van der Waals surface area contributed by atoms with Crippen molar-refractivity contribution < 1.29 is 23.7 Å². The Kier molecular flexibility index (Phi) is 5.80. The molecule has 1 aliphatic heterocycles. The van der Waals surface area contributed by atoms with Crippen LogP contribution in [-0.4, -0.2) is 38.0 Å². The molecule has 0 aliphatic carbocycles. The Labute approximate surface area is 157 Å². The maximum atomic E-state index is 12.3. The van der Waals surface area contributed by atoms with Gasteiger partial charge in [0.2, 0.25) is 6.10 Å². The van der Waals surface area contributed by atoms with E-state index >= 15 is 0 Å². The first kappa shape index (κ1) is 18.6. The van der Waals surface area contributed by atoms with E-state index in [9.17, 15) is 4.79 Å². The van der Waals surface area contributed by atoms with Gasteiger partial charge in [-0.2, -0.15) is 5.10 Å². The number of methoxy groups -OCH3 is 1. The van der Waals surface area contributed by atoms with Gasteiger partial charge in [0.1, 0.15) is 6.61 Å². The predicted octanol–water partition coefficient (Wildman–Crippen LogP) is 2.77. The van der Waals surface area contributed by atoms with Crippen LogP contribution in [0.4, 0.5) is 0 Å². The van der Waals surface area contributed by atoms with E-state index in [1.807, 2.05) is 38.1 Å². The summed E-state index contributed by atoms with van der Waals surface area (Å²) in [5.74, 6) is 1.93. The third-order valence-electron chi connectivity index (χ3n) is 3.76. The van der Waals surface area contributed by atoms with Crippen LogP contribution in [-0.2, 0) is 4.79 Å². The molecule has 0 fully saturated rings. The molecule has 7 heteroatoms. The molecule has 0 saturated carbocycles. The lowest BCUT2D eigenvalue weighted by Gasteiger charge is -2.24. The number of hydrogen-bond donors (Lipinski definition) is 1. The monoisotopic (exact) mass is 370 g/mol. The largest absolute Gasteiger partial charge is 0.493 e. The van der Waals surface area contributed by atoms with Gasteiger partial charge in [-0.1, -0.05) is 18.2 Å². The number of hydrogen-bond acceptors (Lipinski definition) is 6. The van der Waals surface area contributed by atoms with Gasteiger partial charge in [0.25, 0.3) is 5.91 Å². The first-order chi connectivity index (χ1) is 13.1. The van der Waals surface area contributed by atoms with Crippen molar-refractivity contribution in [1.29, 1.82) is 0 Å². The zero-order chi connectivity index (χ0) is 19.2. The Morgan fingerprint density at radius 1 is 1.22 bits per heavy atom. The molecule has 3 rings (SSSR count). The molecular formula is C20H22N2O5. The van der Waals surface area contributed by atoms with E-state index in [0.717, 1.165) is 0 Å². The maximum Gasteiger partial charge on any atom is 0.284 e. The van der Waals surface area contributed by atoms with Crippen LogP contribution in [0.5, 0.6) is 23.0 Å². The van der Waals surface area contributed by atoms with Gasteiger partial charge in [0.15, 0.2) is 23.0 Å². The van der Waals surface area contributed by atoms with Crippen molar-refractivity contribution in [3.63, 3.8) is 0 Å². The average molecular weight is 370 g/mol. The molecule has 2 aromatic carbocycles. The molecule has 0 aromatic heterocycles. The van der Waals surface area contributed by atoms with Crippen LogP contribution in [0.25, 0.3) is 0 Å². The summed E-state index contributed by atoms with van der Waals surface area (Å²) >= 11 is 0. The molecule has 0 radical (unpaired) electrons. The number of carbonyl (C=O) groups excluding carboxylic acids is 1. The highest BCUT2D eigenvalue weighted by Crippen LogP contribution is 2.32. The highest BCUT2D eigenvalue weighted by atomic mass is 16.6. The summed E-state index contributed by atoms with van der Waals surface area (Å²) in [6.45, 7) is 3.97. The lowest BCUT2D eigenvalue weighted by molar-refractivity contribution is -0.130. The van der Waals surface area contributed by atoms with Crippen LogP contribution in [0, 0.1) is 0 Å². The van der Waals surface area contributed by atoms with Gasteiger partial charge in [-0.25, -0.2) is 5.43 Å². The third-order valence-corrected chi connectivity index (χ3v) is 3.76. The fraction of sp³-hybridized carbons (Fsp3) is 0.300. The summed E-state index contributed by atoms with van der Waals surface area (Å²) < 4.78 is 22.3. The van der Waals surface area contributed by atoms with Gasteiger partial charge < -0.3 is 18.9 Å². The fourth-order valence-corrected chi connectivity index (χ4v) is 2.54. The van der Waals surface area contributed by atoms with Gasteiger partial charge in [0.05, 0.1) is 19.4 Å². The molecule has 1 heterocycles. The van der Waals surface area contributed by atoms with Crippen molar-refractivity contribution in [3.8, 4) is 23.0 Å². The Bertz CT molecular complexity index is 835. The van der Waals surface area contributed by atoms with Gasteiger partial charge in [0, 0.05) is 5.56 Å². The second-order valence-electron chi connectivity index (χ2n) is 6.14. The van der Waals surface area contributed by atoms with Crippen molar-refractivity contribution in [3.05, 3.63) is 48.0 Å². The van der Waals surface area contributed by atoms with Crippen molar-refractivity contribution in [2.45, 2.75) is 26.1 Å². The topological polar surface area (TPSA) is 78.4 Å². The van der Waals surface area contributed by atoms with E-state index in [4.69, 9.17) is 18.9 Å². The normalized spacial score (nSPS) is 15.6. The van der Waals surface area contributed by atoms with Gasteiger partial charge in [-0.05, 0) is 38.1 Å². The first-order valence-corrected chi connectivity index (χ1v) is 8.63. The van der Waals surface area contributed by atoms with E-state index < -0.39 is 12.0 Å². The van der Waals surface area contributed by atoms with Crippen molar-refractivity contribution in [1.82, 2.24) is 5.43 Å². The standard InChI is InChI=1S/C20H22N2O5/c1-13(2)26-19-14(7-6-10-17(19)24-3)11-21-22-20(23)18-12-25-15-8-4-5-9-16(15)27-18/h4-11,13,18H,12H2,1-3H3,(H,22,23)/b21-11-/t18-/m0/s1. The lowest BCUT2D eigenvalue weighted by Crippen LogP contribution is -2.42. The smallest absolute Gasteiger partial charge is 0.284 e. The minimum Gasteiger partial charge on any atom is -0.493 e. The zero-order valence-electron chi connectivity index (χ0n) is 15.5. The van der Waals surface area contributed by atoms with Gasteiger partial charge in [-0.15, -0.1) is 0 Å². The summed E-state index contributed by atoms with van der Waals surface area (Å²) in [5, 5.41) is 4.02. The molecular weight excluding hydrogens is 348 g/mol. The Morgan fingerprint density at radius 2 is 2.00 bits per heavy atom. The Balaban J connectivity index is 1.66. The molecule has 2 aromatic rings. The number of para-hydroxylation sites is 3. The summed E-state index contributed by atoms with van der Waals surface area (Å²) in [4.78, 5) is 12.3. The van der Waals surface area contributed by atoms with Crippen molar-refractivity contribution >= 4 is 12.1 Å². The average Bonchev–Trinajstić information content (AvgIpc) is 2.68. The van der Waals surface area contributed by atoms with Crippen molar-refractivity contribution in [2.75, 3.05) is 13.7 Å². The predicted molar refractivity (Wildman–Crippen MR) is 101 cm³/mol. The van der Waals surface area contributed by atoms with E-state index in [2.05, 4.69) is 10.5 Å². The Hall–Kier alpha value is -3.22. The number of amides is 1. The molecule has 27 heavy (non-hydrogen) atoms. The molecule has 7 nitrogen and oxygen atoms in total. The maximum absolute atomic E-state index is 12.3. The van der Waals surface area contributed by atoms with E-state index in [-0.39, 0.29) is 12.7 Å². The van der Waals surface area contributed by atoms with Crippen LogP contribution in [0.15, 0.2) is 47.6 Å². The summed E-state index contributed by atoms with van der Waals surface area (Å²) in [6, 6.07) is 12.7. The SMILES string of the molecule is COc1cccc(/C=N\NC(=O)[C@@H]2COc3ccccc3O2)c1OC(C)C. The van der Waals surface area contributed by atoms with Crippen LogP contribution >= 0.6 is 0 Å². The van der Waals surface area contributed by atoms with Crippen LogP contribution in [0.3, 0.4) is 0 Å². The third kappa shape index (κ3) is 4.49. The molecule has 0 bridgehead atoms. The number of fused-ring (bicyclic) bond motifs is 1. The molecule has 1 amide bonds. The van der Waals surface area contributed by atoms with Gasteiger partial charge in [-0.3, -0.25) is 4.79 Å². The fourth-order valence-electron chi connectivity index (χ4n) is 2.54. The molecule has 1 N–H and O–H groups in total. The first-order valence-electron chi connectivity index (χ1n) is 8.63. The number of rotatable bonds is 6. The molecule has 0 saturated heterocycles. The molecule has 142 valence electrons. The quantitative estimate of drug-likeness (QED) is 0.625. The van der Waals surface area contributed by atoms with Crippen LogP contribution < -0.4 is 24.4 Å². The number of carbonyl (C=O) groups is 1. The second-order valence-corrected chi connectivity index (χ2v) is 6.14. The highest BCUT2D eigenvalue weighted by molar-refractivity contribution is 5.87. The number of nitrogens with zero attached hydrogens (tertiary/aromatic N) is 1. The van der Waals surface area contributed by atoms with Gasteiger partial charge >= 0.3 is 0 Å². The number of hydrazone groups is 1. The van der Waals surface area contributed by atoms with E-state index in [1.54, 1.807) is 25.3 Å². The minimum absolute atomic E-state index is 0.0316. The molecule has 1 aliphatic rings. The zero-order valence-corrected chi connectivity index (χ0v) is 15.5. The van der Waals surface area contributed by atoms with Crippen LogP contribution in [0.2, 0.25) is 0 Å². The second kappa shape index (κ2) is 8.44. The lowest BCUT2D eigenvalue weighted by atomic mass is 10.2. The van der Waals surface area contributed by atoms with E-state index in [1.165, 1.54) is 6.21 Å². The number of ether oxygens (including phenoxy) is 4. The van der Waals surface area contributed by atoms with E-state index in [0.29, 0.717) is 28.6 Å². The minimum atomic E-state index is -0.770. The number of nitrogens with one attached hydrogen (secondary N) is 1. The Morgan fingerprint density at radius 3 is 2.74 bits per heavy atom. The van der Waals surface area contributed by atoms with Crippen molar-refractivity contribution in [2.24, 2.45) is 5.10 Å².